The zero-order valence-corrected chi connectivity index (χ0v) is 6.84. The molecule has 1 heterocycles. The third-order valence-electron chi connectivity index (χ3n) is 2.07. The number of H-pyrrole nitrogens is 1. The molecule has 0 atom stereocenters. The molecule has 0 radical (unpaired) electrons. The van der Waals surface area contributed by atoms with Crippen molar-refractivity contribution in [3.05, 3.63) is 29.7 Å². The van der Waals surface area contributed by atoms with E-state index in [0.717, 1.165) is 5.39 Å². The minimum Gasteiger partial charge on any atom is -0.395 e. The molecule has 0 aliphatic carbocycles. The Balaban J connectivity index is 2.83. The molecule has 2 rings (SSSR count). The Bertz CT molecular complexity index is 450. The first-order chi connectivity index (χ1) is 6.24. The van der Waals surface area contributed by atoms with Crippen molar-refractivity contribution in [2.24, 2.45) is 0 Å². The number of halogens is 1. The van der Waals surface area contributed by atoms with Gasteiger partial charge in [-0.2, -0.15) is 0 Å². The molecule has 3 nitrogen and oxygen atoms in total. The molecule has 0 aliphatic rings. The second-order valence-electron chi connectivity index (χ2n) is 2.86. The molecule has 4 heteroatoms. The summed E-state index contributed by atoms with van der Waals surface area (Å²) in [5.74, 6) is -0.544. The first-order valence-electron chi connectivity index (χ1n) is 3.89. The van der Waals surface area contributed by atoms with Crippen molar-refractivity contribution in [3.63, 3.8) is 0 Å². The smallest absolute Gasteiger partial charge is 0.153 e. The van der Waals surface area contributed by atoms with Gasteiger partial charge in [-0.15, -0.1) is 0 Å². The van der Waals surface area contributed by atoms with E-state index in [9.17, 15) is 4.39 Å². The van der Waals surface area contributed by atoms with Crippen LogP contribution in [-0.4, -0.2) is 10.1 Å². The predicted octanol–water partition coefficient (Wildman–Crippen LogP) is 1.38. The molecule has 1 aromatic carbocycles. The maximum absolute atomic E-state index is 13.3. The minimum atomic E-state index is -0.544. The molecule has 13 heavy (non-hydrogen) atoms. The number of hydrogen-bond acceptors (Lipinski definition) is 2. The van der Waals surface area contributed by atoms with E-state index in [1.165, 1.54) is 0 Å². The standard InChI is InChI=1S/C9H9FN2O/c10-7-6(4-13)3-5-1-2-12-9(5)8(7)11/h1-3,12-13H,4,11H2. The Morgan fingerprint density at radius 1 is 1.54 bits per heavy atom. The second kappa shape index (κ2) is 2.74. The lowest BCUT2D eigenvalue weighted by Gasteiger charge is -2.03. The Morgan fingerprint density at radius 3 is 3.00 bits per heavy atom. The summed E-state index contributed by atoms with van der Waals surface area (Å²) in [4.78, 5) is 2.83. The number of fused-ring (bicyclic) bond motifs is 1. The van der Waals surface area contributed by atoms with Crippen LogP contribution in [0.2, 0.25) is 0 Å². The van der Waals surface area contributed by atoms with Crippen molar-refractivity contribution in [2.75, 3.05) is 5.73 Å². The molecule has 0 bridgehead atoms. The average molecular weight is 180 g/mol. The number of nitrogen functional groups attached to an aromatic ring is 1. The van der Waals surface area contributed by atoms with Gasteiger partial charge in [0.15, 0.2) is 5.82 Å². The topological polar surface area (TPSA) is 62.0 Å². The van der Waals surface area contributed by atoms with E-state index in [1.54, 1.807) is 18.3 Å². The fourth-order valence-electron chi connectivity index (χ4n) is 1.38. The lowest BCUT2D eigenvalue weighted by molar-refractivity contribution is 0.276. The summed E-state index contributed by atoms with van der Waals surface area (Å²) in [6.45, 7) is -0.336. The highest BCUT2D eigenvalue weighted by molar-refractivity contribution is 5.90. The molecule has 0 amide bonds. The molecule has 0 unspecified atom stereocenters. The quantitative estimate of drug-likeness (QED) is 0.580. The van der Waals surface area contributed by atoms with Crippen LogP contribution in [0.15, 0.2) is 18.3 Å². The van der Waals surface area contributed by atoms with E-state index in [2.05, 4.69) is 4.98 Å². The maximum Gasteiger partial charge on any atom is 0.153 e. The molecule has 68 valence electrons. The molecule has 0 aliphatic heterocycles. The number of nitrogens with one attached hydrogen (secondary N) is 1. The molecule has 0 saturated carbocycles. The molecule has 1 aromatic heterocycles. The molecular weight excluding hydrogens is 171 g/mol. The highest BCUT2D eigenvalue weighted by Crippen LogP contribution is 2.25. The predicted molar refractivity (Wildman–Crippen MR) is 48.6 cm³/mol. The third-order valence-corrected chi connectivity index (χ3v) is 2.07. The van der Waals surface area contributed by atoms with Gasteiger partial charge in [-0.05, 0) is 12.1 Å². The van der Waals surface area contributed by atoms with Gasteiger partial charge in [0.05, 0.1) is 17.8 Å². The highest BCUT2D eigenvalue weighted by atomic mass is 19.1. The SMILES string of the molecule is Nc1c(F)c(CO)cc2cc[nH]c12. The van der Waals surface area contributed by atoms with E-state index in [4.69, 9.17) is 10.8 Å². The zero-order valence-electron chi connectivity index (χ0n) is 6.84. The van der Waals surface area contributed by atoms with E-state index in [1.807, 2.05) is 0 Å². The lowest BCUT2D eigenvalue weighted by Crippen LogP contribution is -1.97. The van der Waals surface area contributed by atoms with Gasteiger partial charge in [0, 0.05) is 17.1 Å². The monoisotopic (exact) mass is 180 g/mol. The average Bonchev–Trinajstić information content (AvgIpc) is 2.59. The first kappa shape index (κ1) is 8.07. The fourth-order valence-corrected chi connectivity index (χ4v) is 1.38. The number of rotatable bonds is 1. The summed E-state index contributed by atoms with van der Waals surface area (Å²) in [5, 5.41) is 9.64. The summed E-state index contributed by atoms with van der Waals surface area (Å²) in [6, 6.07) is 3.36. The van der Waals surface area contributed by atoms with Crippen LogP contribution in [0.3, 0.4) is 0 Å². The maximum atomic E-state index is 13.3. The van der Waals surface area contributed by atoms with E-state index in [-0.39, 0.29) is 17.9 Å². The van der Waals surface area contributed by atoms with Crippen molar-refractivity contribution in [3.8, 4) is 0 Å². The van der Waals surface area contributed by atoms with Gasteiger partial charge in [-0.25, -0.2) is 4.39 Å². The van der Waals surface area contributed by atoms with E-state index < -0.39 is 5.82 Å². The van der Waals surface area contributed by atoms with Crippen molar-refractivity contribution in [1.29, 1.82) is 0 Å². The van der Waals surface area contributed by atoms with Gasteiger partial charge in [0.1, 0.15) is 0 Å². The molecule has 2 aromatic rings. The largest absolute Gasteiger partial charge is 0.395 e. The summed E-state index contributed by atoms with van der Waals surface area (Å²) in [7, 11) is 0. The van der Waals surface area contributed by atoms with Crippen molar-refractivity contribution >= 4 is 16.6 Å². The number of aromatic nitrogens is 1. The van der Waals surface area contributed by atoms with Crippen LogP contribution >= 0.6 is 0 Å². The Hall–Kier alpha value is -1.55. The van der Waals surface area contributed by atoms with E-state index in [0.29, 0.717) is 5.52 Å². The van der Waals surface area contributed by atoms with Crippen LogP contribution in [0, 0.1) is 5.82 Å². The zero-order chi connectivity index (χ0) is 9.42. The fraction of sp³-hybridized carbons (Fsp3) is 0.111. The van der Waals surface area contributed by atoms with Crippen molar-refractivity contribution in [2.45, 2.75) is 6.61 Å². The number of benzene rings is 1. The summed E-state index contributed by atoms with van der Waals surface area (Å²) in [6.07, 6.45) is 1.68. The number of aliphatic hydroxyl groups is 1. The van der Waals surface area contributed by atoms with Gasteiger partial charge >= 0.3 is 0 Å². The van der Waals surface area contributed by atoms with Crippen LogP contribution in [0.5, 0.6) is 0 Å². The molecule has 4 N–H and O–H groups in total. The molecule has 0 spiro atoms. The van der Waals surface area contributed by atoms with Crippen molar-refractivity contribution in [1.82, 2.24) is 4.98 Å². The van der Waals surface area contributed by atoms with Crippen LogP contribution in [0.25, 0.3) is 10.9 Å². The number of aromatic amines is 1. The summed E-state index contributed by atoms with van der Waals surface area (Å²) in [5.41, 5.74) is 6.39. The van der Waals surface area contributed by atoms with Crippen molar-refractivity contribution < 1.29 is 9.50 Å². The first-order valence-corrected chi connectivity index (χ1v) is 3.89. The summed E-state index contributed by atoms with van der Waals surface area (Å²) < 4.78 is 13.3. The number of nitrogens with two attached hydrogens (primary N) is 1. The van der Waals surface area contributed by atoms with Crippen LogP contribution in [0.1, 0.15) is 5.56 Å². The number of aliphatic hydroxyl groups excluding tert-OH is 1. The van der Waals surface area contributed by atoms with Gasteiger partial charge < -0.3 is 15.8 Å². The summed E-state index contributed by atoms with van der Waals surface area (Å²) >= 11 is 0. The highest BCUT2D eigenvalue weighted by Gasteiger charge is 2.10. The lowest BCUT2D eigenvalue weighted by atomic mass is 10.1. The normalized spacial score (nSPS) is 10.9. The Labute approximate surface area is 74.0 Å². The van der Waals surface area contributed by atoms with Gasteiger partial charge in [0.25, 0.3) is 0 Å². The Kier molecular flexibility index (Phi) is 1.70. The molecule has 0 saturated heterocycles. The van der Waals surface area contributed by atoms with Gasteiger partial charge in [-0.3, -0.25) is 0 Å². The van der Waals surface area contributed by atoms with E-state index >= 15 is 0 Å². The second-order valence-corrected chi connectivity index (χ2v) is 2.86. The Morgan fingerprint density at radius 2 is 2.31 bits per heavy atom. The number of hydrogen-bond donors (Lipinski definition) is 3. The van der Waals surface area contributed by atoms with Gasteiger partial charge in [-0.1, -0.05) is 0 Å². The molecule has 0 fully saturated rings. The minimum absolute atomic E-state index is 0.0616. The van der Waals surface area contributed by atoms with Gasteiger partial charge in [0.2, 0.25) is 0 Å². The third kappa shape index (κ3) is 1.07. The van der Waals surface area contributed by atoms with Crippen LogP contribution in [-0.2, 0) is 6.61 Å². The molecular formula is C9H9FN2O. The van der Waals surface area contributed by atoms with Crippen LogP contribution < -0.4 is 5.73 Å². The van der Waals surface area contributed by atoms with Crippen LogP contribution in [0.4, 0.5) is 10.1 Å². The number of anilines is 1.